The molecule has 3 aromatic rings. The summed E-state index contributed by atoms with van der Waals surface area (Å²) in [6.07, 6.45) is 1.00. The SMILES string of the molecule is CN(CCc1ccc(N2CCOCC2)cc1)CCN1c2ccc(F)cc2COc2ccccc21. The molecule has 5 nitrogen and oxygen atoms in total. The van der Waals surface area contributed by atoms with E-state index in [1.165, 1.54) is 17.3 Å². The summed E-state index contributed by atoms with van der Waals surface area (Å²) in [7, 11) is 2.16. The molecule has 0 bridgehead atoms. The molecule has 0 unspecified atom stereocenters. The number of hydrogen-bond acceptors (Lipinski definition) is 5. The zero-order valence-corrected chi connectivity index (χ0v) is 19.8. The average Bonchev–Trinajstić information content (AvgIpc) is 3.03. The van der Waals surface area contributed by atoms with Crippen LogP contribution in [0.25, 0.3) is 0 Å². The van der Waals surface area contributed by atoms with Crippen molar-refractivity contribution in [1.82, 2.24) is 4.90 Å². The number of morpholine rings is 1. The second-order valence-corrected chi connectivity index (χ2v) is 9.00. The molecule has 3 aromatic carbocycles. The molecule has 0 amide bonds. The van der Waals surface area contributed by atoms with Crippen LogP contribution in [0.4, 0.5) is 21.5 Å². The zero-order chi connectivity index (χ0) is 23.3. The van der Waals surface area contributed by atoms with E-state index < -0.39 is 0 Å². The molecule has 2 aliphatic rings. The Bertz CT molecular complexity index is 1100. The summed E-state index contributed by atoms with van der Waals surface area (Å²) in [4.78, 5) is 6.99. The second-order valence-electron chi connectivity index (χ2n) is 9.00. The van der Waals surface area contributed by atoms with Crippen LogP contribution in [0.15, 0.2) is 66.7 Å². The molecule has 34 heavy (non-hydrogen) atoms. The van der Waals surface area contributed by atoms with Crippen molar-refractivity contribution in [2.24, 2.45) is 0 Å². The Morgan fingerprint density at radius 3 is 2.53 bits per heavy atom. The average molecular weight is 462 g/mol. The lowest BCUT2D eigenvalue weighted by Gasteiger charge is -2.29. The molecular weight excluding hydrogens is 429 g/mol. The van der Waals surface area contributed by atoms with Crippen LogP contribution in [-0.4, -0.2) is 57.9 Å². The van der Waals surface area contributed by atoms with Crippen molar-refractivity contribution >= 4 is 17.1 Å². The number of likely N-dealkylation sites (N-methyl/N-ethyl adjacent to an activating group) is 1. The van der Waals surface area contributed by atoms with E-state index in [1.807, 2.05) is 24.3 Å². The standard InChI is InChI=1S/C28H32FN3O2/c1-30(13-12-22-6-9-25(10-7-22)31-16-18-33-19-17-31)14-15-32-26-11-8-24(29)20-23(26)21-34-28-5-3-2-4-27(28)32/h2-11,20H,12-19,21H2,1H3. The number of anilines is 3. The number of fused-ring (bicyclic) bond motifs is 2. The van der Waals surface area contributed by atoms with E-state index >= 15 is 0 Å². The summed E-state index contributed by atoms with van der Waals surface area (Å²) in [5.74, 6) is 0.604. The van der Waals surface area contributed by atoms with E-state index in [0.717, 1.165) is 75.0 Å². The zero-order valence-electron chi connectivity index (χ0n) is 19.8. The smallest absolute Gasteiger partial charge is 0.143 e. The van der Waals surface area contributed by atoms with Crippen LogP contribution in [0, 0.1) is 5.82 Å². The highest BCUT2D eigenvalue weighted by molar-refractivity contribution is 5.72. The highest BCUT2D eigenvalue weighted by Crippen LogP contribution is 2.39. The van der Waals surface area contributed by atoms with E-state index in [1.54, 1.807) is 6.07 Å². The van der Waals surface area contributed by atoms with Crippen LogP contribution in [0.2, 0.25) is 0 Å². The van der Waals surface area contributed by atoms with E-state index in [-0.39, 0.29) is 5.82 Å². The van der Waals surface area contributed by atoms with Gasteiger partial charge in [0.25, 0.3) is 0 Å². The molecule has 6 heteroatoms. The number of halogens is 1. The lowest BCUT2D eigenvalue weighted by atomic mass is 10.1. The molecule has 0 atom stereocenters. The maximum atomic E-state index is 13.9. The van der Waals surface area contributed by atoms with Gasteiger partial charge in [0.2, 0.25) is 0 Å². The third-order valence-corrected chi connectivity index (χ3v) is 6.67. The number of benzene rings is 3. The quantitative estimate of drug-likeness (QED) is 0.501. The van der Waals surface area contributed by atoms with E-state index in [2.05, 4.69) is 52.1 Å². The minimum absolute atomic E-state index is 0.231. The van der Waals surface area contributed by atoms with Crippen molar-refractivity contribution in [3.8, 4) is 5.75 Å². The highest BCUT2D eigenvalue weighted by atomic mass is 19.1. The minimum atomic E-state index is -0.231. The lowest BCUT2D eigenvalue weighted by molar-refractivity contribution is 0.122. The molecule has 0 N–H and O–H groups in total. The fraction of sp³-hybridized carbons (Fsp3) is 0.357. The third kappa shape index (κ3) is 5.18. The van der Waals surface area contributed by atoms with Gasteiger partial charge in [0.1, 0.15) is 18.2 Å². The predicted octanol–water partition coefficient (Wildman–Crippen LogP) is 4.87. The van der Waals surface area contributed by atoms with Crippen molar-refractivity contribution in [2.45, 2.75) is 13.0 Å². The van der Waals surface area contributed by atoms with Crippen molar-refractivity contribution in [3.63, 3.8) is 0 Å². The fourth-order valence-corrected chi connectivity index (χ4v) is 4.66. The van der Waals surface area contributed by atoms with E-state index in [9.17, 15) is 4.39 Å². The van der Waals surface area contributed by atoms with Crippen molar-refractivity contribution in [3.05, 3.63) is 83.7 Å². The number of para-hydroxylation sites is 2. The van der Waals surface area contributed by atoms with Gasteiger partial charge in [-0.1, -0.05) is 24.3 Å². The van der Waals surface area contributed by atoms with Crippen molar-refractivity contribution < 1.29 is 13.9 Å². The summed E-state index contributed by atoms with van der Waals surface area (Å²) in [6, 6.07) is 22.0. The highest BCUT2D eigenvalue weighted by Gasteiger charge is 2.22. The molecule has 2 aliphatic heterocycles. The Labute approximate surface area is 201 Å². The van der Waals surface area contributed by atoms with Crippen molar-refractivity contribution in [2.75, 3.05) is 62.8 Å². The lowest BCUT2D eigenvalue weighted by Crippen LogP contribution is -2.36. The molecule has 1 saturated heterocycles. The summed E-state index contributed by atoms with van der Waals surface area (Å²) in [6.45, 7) is 6.56. The number of rotatable bonds is 7. The van der Waals surface area contributed by atoms with Gasteiger partial charge < -0.3 is 24.2 Å². The molecule has 0 saturated carbocycles. The van der Waals surface area contributed by atoms with Gasteiger partial charge >= 0.3 is 0 Å². The number of ether oxygens (including phenoxy) is 2. The first-order chi connectivity index (χ1) is 16.7. The Morgan fingerprint density at radius 2 is 1.71 bits per heavy atom. The largest absolute Gasteiger partial charge is 0.487 e. The van der Waals surface area contributed by atoms with E-state index in [4.69, 9.17) is 9.47 Å². The van der Waals surface area contributed by atoms with E-state index in [0.29, 0.717) is 6.61 Å². The maximum Gasteiger partial charge on any atom is 0.143 e. The first kappa shape index (κ1) is 22.7. The Morgan fingerprint density at radius 1 is 0.912 bits per heavy atom. The van der Waals surface area contributed by atoms with Crippen molar-refractivity contribution in [1.29, 1.82) is 0 Å². The van der Waals surface area contributed by atoms with Crippen LogP contribution in [-0.2, 0) is 17.8 Å². The van der Waals surface area contributed by atoms with Gasteiger partial charge in [0, 0.05) is 49.7 Å². The second kappa shape index (κ2) is 10.5. The molecule has 2 heterocycles. The summed E-state index contributed by atoms with van der Waals surface area (Å²) in [5.41, 5.74) is 5.54. The topological polar surface area (TPSA) is 28.2 Å². The fourth-order valence-electron chi connectivity index (χ4n) is 4.66. The van der Waals surface area contributed by atoms with Gasteiger partial charge in [-0.25, -0.2) is 4.39 Å². The Balaban J connectivity index is 1.21. The molecule has 0 radical (unpaired) electrons. The normalized spacial score (nSPS) is 15.5. The first-order valence-electron chi connectivity index (χ1n) is 12.1. The molecule has 0 spiro atoms. The Kier molecular flexibility index (Phi) is 6.97. The Hall–Kier alpha value is -3.09. The van der Waals surface area contributed by atoms with Gasteiger partial charge in [-0.2, -0.15) is 0 Å². The van der Waals surface area contributed by atoms with Gasteiger partial charge in [0.05, 0.1) is 18.9 Å². The van der Waals surface area contributed by atoms with Crippen LogP contribution < -0.4 is 14.5 Å². The summed E-state index contributed by atoms with van der Waals surface area (Å²) in [5, 5.41) is 0. The van der Waals surface area contributed by atoms with Gasteiger partial charge in [-0.05, 0) is 61.5 Å². The summed E-state index contributed by atoms with van der Waals surface area (Å²) < 4.78 is 25.3. The third-order valence-electron chi connectivity index (χ3n) is 6.67. The van der Waals surface area contributed by atoms with Crippen LogP contribution >= 0.6 is 0 Å². The predicted molar refractivity (Wildman–Crippen MR) is 135 cm³/mol. The van der Waals surface area contributed by atoms with Gasteiger partial charge in [-0.3, -0.25) is 0 Å². The molecule has 0 aromatic heterocycles. The molecule has 0 aliphatic carbocycles. The van der Waals surface area contributed by atoms with Crippen LogP contribution in [0.1, 0.15) is 11.1 Å². The molecule has 1 fully saturated rings. The molecule has 178 valence electrons. The molecular formula is C28H32FN3O2. The monoisotopic (exact) mass is 461 g/mol. The molecule has 5 rings (SSSR count). The number of nitrogens with zero attached hydrogens (tertiary/aromatic N) is 3. The van der Waals surface area contributed by atoms with Crippen LogP contribution in [0.5, 0.6) is 5.75 Å². The number of hydrogen-bond donors (Lipinski definition) is 0. The maximum absolute atomic E-state index is 13.9. The summed E-state index contributed by atoms with van der Waals surface area (Å²) >= 11 is 0. The van der Waals surface area contributed by atoms with Gasteiger partial charge in [-0.15, -0.1) is 0 Å². The van der Waals surface area contributed by atoms with Gasteiger partial charge in [0.15, 0.2) is 0 Å². The van der Waals surface area contributed by atoms with Crippen LogP contribution in [0.3, 0.4) is 0 Å². The minimum Gasteiger partial charge on any atom is -0.487 e. The first-order valence-corrected chi connectivity index (χ1v) is 12.1.